The summed E-state index contributed by atoms with van der Waals surface area (Å²) in [6.45, 7) is 11.2. The van der Waals surface area contributed by atoms with Gasteiger partial charge in [0.15, 0.2) is 0 Å². The number of hydrogen-bond donors (Lipinski definition) is 1. The smallest absolute Gasteiger partial charge is 0.00990 e. The third-order valence-corrected chi connectivity index (χ3v) is 2.04. The molecule has 12 heavy (non-hydrogen) atoms. The molecule has 0 heterocycles. The van der Waals surface area contributed by atoms with Crippen LogP contribution in [-0.2, 0) is 0 Å². The molecule has 0 aromatic heterocycles. The fourth-order valence-corrected chi connectivity index (χ4v) is 1.44. The predicted molar refractivity (Wildman–Crippen MR) is 56.5 cm³/mol. The minimum absolute atomic E-state index is 0.272. The van der Waals surface area contributed by atoms with Crippen molar-refractivity contribution in [2.75, 3.05) is 0 Å². The molecule has 0 spiro atoms. The minimum atomic E-state index is 0.272. The Balaban J connectivity index is 3.67. The van der Waals surface area contributed by atoms with Crippen LogP contribution in [0.2, 0.25) is 0 Å². The summed E-state index contributed by atoms with van der Waals surface area (Å²) in [5.74, 6) is 0. The van der Waals surface area contributed by atoms with Crippen molar-refractivity contribution in [1.29, 1.82) is 0 Å². The zero-order valence-corrected chi connectivity index (χ0v) is 9.41. The monoisotopic (exact) mass is 171 g/mol. The van der Waals surface area contributed by atoms with Gasteiger partial charge in [0.25, 0.3) is 0 Å². The Labute approximate surface area is 77.9 Å². The Morgan fingerprint density at radius 3 is 2.08 bits per heavy atom. The topological polar surface area (TPSA) is 12.0 Å². The lowest BCUT2D eigenvalue weighted by atomic mass is 10.0. The third-order valence-electron chi connectivity index (χ3n) is 2.04. The third kappa shape index (κ3) is 6.66. The average Bonchev–Trinajstić information content (AvgIpc) is 1.95. The molecule has 0 aliphatic heterocycles. The number of nitrogens with one attached hydrogen (secondary N) is 1. The highest BCUT2D eigenvalue weighted by Crippen LogP contribution is 2.09. The maximum Gasteiger partial charge on any atom is 0.00990 e. The fraction of sp³-hybridized carbons (Fsp3) is 1.00. The maximum atomic E-state index is 3.64. The van der Waals surface area contributed by atoms with Crippen LogP contribution < -0.4 is 5.32 Å². The molecule has 0 bridgehead atoms. The van der Waals surface area contributed by atoms with Gasteiger partial charge in [-0.3, -0.25) is 0 Å². The van der Waals surface area contributed by atoms with Crippen molar-refractivity contribution in [2.45, 2.75) is 71.9 Å². The Bertz CT molecular complexity index is 102. The molecule has 0 rings (SSSR count). The van der Waals surface area contributed by atoms with Crippen molar-refractivity contribution in [2.24, 2.45) is 0 Å². The van der Waals surface area contributed by atoms with Gasteiger partial charge in [-0.25, -0.2) is 0 Å². The lowest BCUT2D eigenvalue weighted by Gasteiger charge is -2.27. The summed E-state index contributed by atoms with van der Waals surface area (Å²) in [4.78, 5) is 0. The van der Waals surface area contributed by atoms with Crippen LogP contribution in [-0.4, -0.2) is 11.6 Å². The van der Waals surface area contributed by atoms with Crippen LogP contribution in [0.1, 0.15) is 60.3 Å². The van der Waals surface area contributed by atoms with E-state index in [1.807, 2.05) is 0 Å². The quantitative estimate of drug-likeness (QED) is 0.669. The highest BCUT2D eigenvalue weighted by molar-refractivity contribution is 4.76. The Morgan fingerprint density at radius 1 is 1.17 bits per heavy atom. The van der Waals surface area contributed by atoms with E-state index < -0.39 is 0 Å². The first-order valence-electron chi connectivity index (χ1n) is 5.27. The summed E-state index contributed by atoms with van der Waals surface area (Å²) in [5, 5.41) is 3.64. The summed E-state index contributed by atoms with van der Waals surface area (Å²) in [6, 6.07) is 0.713. The average molecular weight is 171 g/mol. The molecule has 0 radical (unpaired) electrons. The molecular formula is C11H25N. The molecule has 0 aromatic carbocycles. The summed E-state index contributed by atoms with van der Waals surface area (Å²) in [7, 11) is 0. The van der Waals surface area contributed by atoms with Gasteiger partial charge in [-0.05, 0) is 33.6 Å². The molecule has 1 atom stereocenters. The first-order chi connectivity index (χ1) is 5.49. The maximum absolute atomic E-state index is 3.64. The number of unbranched alkanes of at least 4 members (excludes halogenated alkanes) is 1. The van der Waals surface area contributed by atoms with Crippen LogP contribution in [0.15, 0.2) is 0 Å². The second kappa shape index (κ2) is 5.58. The van der Waals surface area contributed by atoms with E-state index in [4.69, 9.17) is 0 Å². The van der Waals surface area contributed by atoms with Gasteiger partial charge in [0, 0.05) is 11.6 Å². The van der Waals surface area contributed by atoms with Gasteiger partial charge in [0.1, 0.15) is 0 Å². The molecule has 0 aromatic rings. The van der Waals surface area contributed by atoms with Crippen molar-refractivity contribution in [3.8, 4) is 0 Å². The van der Waals surface area contributed by atoms with Crippen LogP contribution >= 0.6 is 0 Å². The SMILES string of the molecule is CCCCC(CC)NC(C)(C)C. The van der Waals surface area contributed by atoms with Gasteiger partial charge >= 0.3 is 0 Å². The van der Waals surface area contributed by atoms with Crippen molar-refractivity contribution in [3.63, 3.8) is 0 Å². The van der Waals surface area contributed by atoms with Crippen LogP contribution in [0.3, 0.4) is 0 Å². The normalized spacial score (nSPS) is 14.8. The minimum Gasteiger partial charge on any atom is -0.309 e. The summed E-state index contributed by atoms with van der Waals surface area (Å²) in [6.07, 6.45) is 5.23. The summed E-state index contributed by atoms with van der Waals surface area (Å²) < 4.78 is 0. The van der Waals surface area contributed by atoms with E-state index in [9.17, 15) is 0 Å². The van der Waals surface area contributed by atoms with Gasteiger partial charge in [-0.2, -0.15) is 0 Å². The van der Waals surface area contributed by atoms with E-state index >= 15 is 0 Å². The van der Waals surface area contributed by atoms with Crippen LogP contribution in [0, 0.1) is 0 Å². The van der Waals surface area contributed by atoms with E-state index in [1.54, 1.807) is 0 Å². The second-order valence-corrected chi connectivity index (χ2v) is 4.64. The number of rotatable bonds is 5. The predicted octanol–water partition coefficient (Wildman–Crippen LogP) is 3.34. The molecule has 1 nitrogen and oxygen atoms in total. The lowest BCUT2D eigenvalue weighted by molar-refractivity contribution is 0.333. The van der Waals surface area contributed by atoms with Crippen molar-refractivity contribution >= 4 is 0 Å². The Hall–Kier alpha value is -0.0400. The first kappa shape index (κ1) is 12.0. The Morgan fingerprint density at radius 2 is 1.75 bits per heavy atom. The largest absolute Gasteiger partial charge is 0.309 e. The molecule has 74 valence electrons. The number of hydrogen-bond acceptors (Lipinski definition) is 1. The highest BCUT2D eigenvalue weighted by atomic mass is 15.0. The van der Waals surface area contributed by atoms with Crippen LogP contribution in [0.4, 0.5) is 0 Å². The Kier molecular flexibility index (Phi) is 5.56. The molecule has 0 fully saturated rings. The van der Waals surface area contributed by atoms with E-state index in [0.717, 1.165) is 0 Å². The van der Waals surface area contributed by atoms with Crippen molar-refractivity contribution < 1.29 is 0 Å². The summed E-state index contributed by atoms with van der Waals surface area (Å²) >= 11 is 0. The van der Waals surface area contributed by atoms with E-state index in [-0.39, 0.29) is 5.54 Å². The lowest BCUT2D eigenvalue weighted by Crippen LogP contribution is -2.43. The molecule has 1 N–H and O–H groups in total. The zero-order chi connectivity index (χ0) is 9.61. The van der Waals surface area contributed by atoms with Crippen molar-refractivity contribution in [3.05, 3.63) is 0 Å². The van der Waals surface area contributed by atoms with Gasteiger partial charge in [-0.1, -0.05) is 26.7 Å². The van der Waals surface area contributed by atoms with Gasteiger partial charge in [-0.15, -0.1) is 0 Å². The van der Waals surface area contributed by atoms with E-state index in [2.05, 4.69) is 39.9 Å². The molecule has 0 aliphatic rings. The highest BCUT2D eigenvalue weighted by Gasteiger charge is 2.14. The molecule has 0 aliphatic carbocycles. The summed E-state index contributed by atoms with van der Waals surface area (Å²) in [5.41, 5.74) is 0.272. The molecule has 1 heteroatoms. The van der Waals surface area contributed by atoms with Gasteiger partial charge in [0.2, 0.25) is 0 Å². The molecule has 0 saturated heterocycles. The standard InChI is InChI=1S/C11H25N/c1-6-8-9-10(7-2)12-11(3,4)5/h10,12H,6-9H2,1-5H3. The molecule has 0 amide bonds. The zero-order valence-electron chi connectivity index (χ0n) is 9.41. The van der Waals surface area contributed by atoms with E-state index in [0.29, 0.717) is 6.04 Å². The van der Waals surface area contributed by atoms with Gasteiger partial charge in [0.05, 0.1) is 0 Å². The fourth-order valence-electron chi connectivity index (χ4n) is 1.44. The van der Waals surface area contributed by atoms with E-state index in [1.165, 1.54) is 25.7 Å². The van der Waals surface area contributed by atoms with Crippen LogP contribution in [0.25, 0.3) is 0 Å². The van der Waals surface area contributed by atoms with Crippen LogP contribution in [0.5, 0.6) is 0 Å². The molecular weight excluding hydrogens is 146 g/mol. The first-order valence-corrected chi connectivity index (χ1v) is 5.27. The second-order valence-electron chi connectivity index (χ2n) is 4.64. The molecule has 0 saturated carbocycles. The van der Waals surface area contributed by atoms with Crippen molar-refractivity contribution in [1.82, 2.24) is 5.32 Å². The molecule has 1 unspecified atom stereocenters. The van der Waals surface area contributed by atoms with Gasteiger partial charge < -0.3 is 5.32 Å².